The molecule has 2 N–H and O–H groups in total. The molecule has 82 valence electrons. The lowest BCUT2D eigenvalue weighted by Gasteiger charge is -2.16. The van der Waals surface area contributed by atoms with Crippen molar-refractivity contribution in [2.45, 2.75) is 26.9 Å². The molecular formula is C11H14BrNO2. The van der Waals surface area contributed by atoms with Crippen molar-refractivity contribution in [3.05, 3.63) is 27.7 Å². The van der Waals surface area contributed by atoms with E-state index in [2.05, 4.69) is 15.9 Å². The van der Waals surface area contributed by atoms with Crippen molar-refractivity contribution in [2.75, 3.05) is 0 Å². The number of primary amides is 1. The highest BCUT2D eigenvalue weighted by Gasteiger charge is 2.13. The molecule has 1 amide bonds. The molecule has 3 nitrogen and oxygen atoms in total. The fraction of sp³-hybridized carbons (Fsp3) is 0.364. The van der Waals surface area contributed by atoms with E-state index in [1.54, 1.807) is 6.92 Å². The summed E-state index contributed by atoms with van der Waals surface area (Å²) in [4.78, 5) is 10.9. The number of hydrogen-bond donors (Lipinski definition) is 1. The first-order valence-electron chi connectivity index (χ1n) is 4.64. The molecule has 0 spiro atoms. The molecule has 0 aliphatic carbocycles. The van der Waals surface area contributed by atoms with Gasteiger partial charge in [-0.2, -0.15) is 0 Å². The number of carbonyl (C=O) groups is 1. The first-order valence-corrected chi connectivity index (χ1v) is 5.44. The van der Waals surface area contributed by atoms with Gasteiger partial charge in [-0.25, -0.2) is 0 Å². The van der Waals surface area contributed by atoms with Gasteiger partial charge >= 0.3 is 0 Å². The Bertz CT molecular complexity index is 367. The van der Waals surface area contributed by atoms with Crippen molar-refractivity contribution in [3.8, 4) is 5.75 Å². The maximum atomic E-state index is 10.9. The Balaban J connectivity index is 3.00. The SMILES string of the molecule is Cc1cc(Br)cc(C)c1OC(C)C(N)=O. The van der Waals surface area contributed by atoms with Gasteiger partial charge < -0.3 is 10.5 Å². The predicted octanol–water partition coefficient (Wildman–Crippen LogP) is 2.32. The van der Waals surface area contributed by atoms with Crippen LogP contribution in [0, 0.1) is 13.8 Å². The Morgan fingerprint density at radius 3 is 2.27 bits per heavy atom. The summed E-state index contributed by atoms with van der Waals surface area (Å²) in [6.45, 7) is 5.50. The average molecular weight is 272 g/mol. The standard InChI is InChI=1S/C11H14BrNO2/c1-6-4-9(12)5-7(2)10(6)15-8(3)11(13)14/h4-5,8H,1-3H3,(H2,13,14). The Morgan fingerprint density at radius 1 is 1.40 bits per heavy atom. The van der Waals surface area contributed by atoms with E-state index in [9.17, 15) is 4.79 Å². The van der Waals surface area contributed by atoms with E-state index in [-0.39, 0.29) is 0 Å². The van der Waals surface area contributed by atoms with Crippen LogP contribution in [0.3, 0.4) is 0 Å². The summed E-state index contributed by atoms with van der Waals surface area (Å²) in [6.07, 6.45) is -0.608. The number of rotatable bonds is 3. The Morgan fingerprint density at radius 2 is 1.87 bits per heavy atom. The van der Waals surface area contributed by atoms with Crippen LogP contribution in [0.25, 0.3) is 0 Å². The van der Waals surface area contributed by atoms with Gasteiger partial charge in [-0.15, -0.1) is 0 Å². The molecule has 0 radical (unpaired) electrons. The van der Waals surface area contributed by atoms with E-state index in [4.69, 9.17) is 10.5 Å². The highest BCUT2D eigenvalue weighted by molar-refractivity contribution is 9.10. The molecule has 0 saturated heterocycles. The van der Waals surface area contributed by atoms with Crippen LogP contribution in [0.5, 0.6) is 5.75 Å². The first kappa shape index (κ1) is 12.0. The number of amides is 1. The van der Waals surface area contributed by atoms with Gasteiger partial charge in [0, 0.05) is 4.47 Å². The van der Waals surface area contributed by atoms with Gasteiger partial charge in [0.05, 0.1) is 0 Å². The molecule has 0 fully saturated rings. The third-order valence-corrected chi connectivity index (χ3v) is 2.58. The van der Waals surface area contributed by atoms with Gasteiger partial charge in [-0.3, -0.25) is 4.79 Å². The second-order valence-corrected chi connectivity index (χ2v) is 4.45. The summed E-state index contributed by atoms with van der Waals surface area (Å²) in [5, 5.41) is 0. The largest absolute Gasteiger partial charge is 0.480 e. The zero-order chi connectivity index (χ0) is 11.6. The Labute approximate surface area is 97.7 Å². The number of carbonyl (C=O) groups excluding carboxylic acids is 1. The summed E-state index contributed by atoms with van der Waals surface area (Å²) >= 11 is 3.40. The molecule has 1 aromatic carbocycles. The highest BCUT2D eigenvalue weighted by Crippen LogP contribution is 2.27. The van der Waals surface area contributed by atoms with E-state index >= 15 is 0 Å². The molecule has 0 bridgehead atoms. The second-order valence-electron chi connectivity index (χ2n) is 3.53. The number of benzene rings is 1. The molecule has 1 aromatic rings. The van der Waals surface area contributed by atoms with E-state index in [1.807, 2.05) is 26.0 Å². The molecular weight excluding hydrogens is 258 g/mol. The van der Waals surface area contributed by atoms with Crippen LogP contribution in [0.1, 0.15) is 18.1 Å². The third-order valence-electron chi connectivity index (χ3n) is 2.12. The third kappa shape index (κ3) is 2.96. The number of aryl methyl sites for hydroxylation is 2. The Kier molecular flexibility index (Phi) is 3.74. The summed E-state index contributed by atoms with van der Waals surface area (Å²) in [6, 6.07) is 3.88. The topological polar surface area (TPSA) is 52.3 Å². The van der Waals surface area contributed by atoms with E-state index in [0.29, 0.717) is 0 Å². The van der Waals surface area contributed by atoms with E-state index < -0.39 is 12.0 Å². The lowest BCUT2D eigenvalue weighted by Crippen LogP contribution is -2.31. The lowest BCUT2D eigenvalue weighted by molar-refractivity contribution is -0.124. The second kappa shape index (κ2) is 4.66. The van der Waals surface area contributed by atoms with Gasteiger partial charge in [0.25, 0.3) is 5.91 Å². The minimum atomic E-state index is -0.608. The summed E-state index contributed by atoms with van der Waals surface area (Å²) in [7, 11) is 0. The summed E-state index contributed by atoms with van der Waals surface area (Å²) < 4.78 is 6.49. The number of halogens is 1. The van der Waals surface area contributed by atoms with Crippen molar-refractivity contribution in [1.29, 1.82) is 0 Å². The molecule has 0 saturated carbocycles. The smallest absolute Gasteiger partial charge is 0.258 e. The molecule has 4 heteroatoms. The molecule has 0 aliphatic rings. The number of ether oxygens (including phenoxy) is 1. The molecule has 0 heterocycles. The van der Waals surface area contributed by atoms with E-state index in [1.165, 1.54) is 0 Å². The first-order chi connectivity index (χ1) is 6.91. The lowest BCUT2D eigenvalue weighted by atomic mass is 10.1. The van der Waals surface area contributed by atoms with Crippen molar-refractivity contribution < 1.29 is 9.53 Å². The summed E-state index contributed by atoms with van der Waals surface area (Å²) in [5.74, 6) is 0.265. The van der Waals surface area contributed by atoms with Crippen LogP contribution in [0.2, 0.25) is 0 Å². The minimum Gasteiger partial charge on any atom is -0.480 e. The van der Waals surface area contributed by atoms with Crippen molar-refractivity contribution >= 4 is 21.8 Å². The quantitative estimate of drug-likeness (QED) is 0.918. The van der Waals surface area contributed by atoms with Crippen LogP contribution in [-0.4, -0.2) is 12.0 Å². The van der Waals surface area contributed by atoms with Crippen LogP contribution in [0.15, 0.2) is 16.6 Å². The Hall–Kier alpha value is -1.03. The van der Waals surface area contributed by atoms with Crippen LogP contribution < -0.4 is 10.5 Å². The molecule has 0 aromatic heterocycles. The van der Waals surface area contributed by atoms with Crippen LogP contribution in [0.4, 0.5) is 0 Å². The average Bonchev–Trinajstić information content (AvgIpc) is 2.10. The summed E-state index contributed by atoms with van der Waals surface area (Å²) in [5.41, 5.74) is 7.10. The van der Waals surface area contributed by atoms with Gasteiger partial charge in [0.1, 0.15) is 5.75 Å². The van der Waals surface area contributed by atoms with Gasteiger partial charge in [0.2, 0.25) is 0 Å². The van der Waals surface area contributed by atoms with Crippen LogP contribution in [-0.2, 0) is 4.79 Å². The fourth-order valence-electron chi connectivity index (χ4n) is 1.32. The molecule has 0 aliphatic heterocycles. The maximum Gasteiger partial charge on any atom is 0.258 e. The van der Waals surface area contributed by atoms with Gasteiger partial charge in [-0.05, 0) is 44.0 Å². The monoisotopic (exact) mass is 271 g/mol. The zero-order valence-corrected chi connectivity index (χ0v) is 10.6. The van der Waals surface area contributed by atoms with Crippen molar-refractivity contribution in [3.63, 3.8) is 0 Å². The van der Waals surface area contributed by atoms with Crippen LogP contribution >= 0.6 is 15.9 Å². The van der Waals surface area contributed by atoms with Crippen molar-refractivity contribution in [2.24, 2.45) is 5.73 Å². The minimum absolute atomic E-state index is 0.461. The number of hydrogen-bond acceptors (Lipinski definition) is 2. The maximum absolute atomic E-state index is 10.9. The number of nitrogens with two attached hydrogens (primary N) is 1. The molecule has 1 rings (SSSR count). The zero-order valence-electron chi connectivity index (χ0n) is 9.00. The fourth-order valence-corrected chi connectivity index (χ4v) is 2.00. The van der Waals surface area contributed by atoms with Gasteiger partial charge in [0.15, 0.2) is 6.10 Å². The highest BCUT2D eigenvalue weighted by atomic mass is 79.9. The molecule has 1 unspecified atom stereocenters. The molecule has 15 heavy (non-hydrogen) atoms. The molecule has 1 atom stereocenters. The van der Waals surface area contributed by atoms with E-state index in [0.717, 1.165) is 21.3 Å². The van der Waals surface area contributed by atoms with Gasteiger partial charge in [-0.1, -0.05) is 15.9 Å². The predicted molar refractivity (Wildman–Crippen MR) is 62.9 cm³/mol. The van der Waals surface area contributed by atoms with Crippen molar-refractivity contribution in [1.82, 2.24) is 0 Å². The normalized spacial score (nSPS) is 12.3.